The van der Waals surface area contributed by atoms with Crippen molar-refractivity contribution in [1.82, 2.24) is 15.5 Å². The number of rotatable bonds is 10. The van der Waals surface area contributed by atoms with E-state index < -0.39 is 0 Å². The highest BCUT2D eigenvalue weighted by molar-refractivity contribution is 14.0. The molecule has 0 saturated heterocycles. The van der Waals surface area contributed by atoms with E-state index in [2.05, 4.69) is 71.6 Å². The van der Waals surface area contributed by atoms with Crippen molar-refractivity contribution in [2.45, 2.75) is 46.2 Å². The van der Waals surface area contributed by atoms with Gasteiger partial charge in [0.25, 0.3) is 0 Å². The Morgan fingerprint density at radius 3 is 2.45 bits per heavy atom. The van der Waals surface area contributed by atoms with Gasteiger partial charge in [-0.1, -0.05) is 32.0 Å². The molecule has 2 aromatic carbocycles. The number of hydrogen-bond acceptors (Lipinski definition) is 3. The van der Waals surface area contributed by atoms with Crippen LogP contribution in [0.1, 0.15) is 39.2 Å². The SMILES string of the molecule is CCN(CC)CCCC(C)NC(=NC)NCc1ccc2cc(OC)ccc2c1.I. The van der Waals surface area contributed by atoms with Crippen molar-refractivity contribution in [3.63, 3.8) is 0 Å². The molecule has 0 spiro atoms. The van der Waals surface area contributed by atoms with Gasteiger partial charge in [0.2, 0.25) is 0 Å². The lowest BCUT2D eigenvalue weighted by Crippen LogP contribution is -2.42. The summed E-state index contributed by atoms with van der Waals surface area (Å²) in [5, 5.41) is 9.33. The largest absolute Gasteiger partial charge is 0.497 e. The molecule has 0 fully saturated rings. The van der Waals surface area contributed by atoms with Crippen LogP contribution in [-0.4, -0.2) is 50.7 Å². The van der Waals surface area contributed by atoms with Crippen LogP contribution in [0.4, 0.5) is 0 Å². The zero-order valence-electron chi connectivity index (χ0n) is 18.5. The molecule has 0 aliphatic heterocycles. The Labute approximate surface area is 193 Å². The monoisotopic (exact) mass is 512 g/mol. The first-order valence-electron chi connectivity index (χ1n) is 10.4. The van der Waals surface area contributed by atoms with Crippen molar-refractivity contribution in [2.24, 2.45) is 4.99 Å². The highest BCUT2D eigenvalue weighted by atomic mass is 127. The summed E-state index contributed by atoms with van der Waals surface area (Å²) < 4.78 is 5.30. The molecule has 0 aliphatic carbocycles. The molecule has 0 bridgehead atoms. The van der Waals surface area contributed by atoms with Gasteiger partial charge in [0.05, 0.1) is 7.11 Å². The molecular formula is C23H37IN4O. The molecule has 0 amide bonds. The molecule has 6 heteroatoms. The van der Waals surface area contributed by atoms with E-state index in [0.717, 1.165) is 44.3 Å². The van der Waals surface area contributed by atoms with Gasteiger partial charge < -0.3 is 20.3 Å². The summed E-state index contributed by atoms with van der Waals surface area (Å²) in [6.07, 6.45) is 2.33. The molecule has 2 rings (SSSR count). The van der Waals surface area contributed by atoms with Crippen LogP contribution in [0.15, 0.2) is 41.4 Å². The number of nitrogens with zero attached hydrogens (tertiary/aromatic N) is 2. The van der Waals surface area contributed by atoms with Crippen LogP contribution in [0, 0.1) is 0 Å². The van der Waals surface area contributed by atoms with E-state index in [0.29, 0.717) is 6.04 Å². The van der Waals surface area contributed by atoms with E-state index in [4.69, 9.17) is 4.74 Å². The highest BCUT2D eigenvalue weighted by Crippen LogP contribution is 2.21. The molecular weight excluding hydrogens is 475 g/mol. The number of nitrogens with one attached hydrogen (secondary N) is 2. The van der Waals surface area contributed by atoms with E-state index in [1.807, 2.05) is 13.1 Å². The standard InChI is InChI=1S/C23H36N4O.HI/c1-6-27(7-2)14-8-9-18(3)26-23(24-4)25-17-19-10-11-21-16-22(28-5)13-12-20(21)15-19;/h10-13,15-16,18H,6-9,14,17H2,1-5H3,(H2,24,25,26);1H. The summed E-state index contributed by atoms with van der Waals surface area (Å²) in [6, 6.07) is 13.1. The molecule has 162 valence electrons. The van der Waals surface area contributed by atoms with Crippen LogP contribution < -0.4 is 15.4 Å². The second-order valence-corrected chi connectivity index (χ2v) is 7.19. The Morgan fingerprint density at radius 2 is 1.79 bits per heavy atom. The van der Waals surface area contributed by atoms with Crippen LogP contribution in [0.3, 0.4) is 0 Å². The number of hydrogen-bond donors (Lipinski definition) is 2. The summed E-state index contributed by atoms with van der Waals surface area (Å²) in [7, 11) is 3.52. The minimum atomic E-state index is 0. The van der Waals surface area contributed by atoms with Crippen LogP contribution in [0.2, 0.25) is 0 Å². The summed E-state index contributed by atoms with van der Waals surface area (Å²) in [5.74, 6) is 1.74. The van der Waals surface area contributed by atoms with Crippen LogP contribution >= 0.6 is 24.0 Å². The molecule has 1 atom stereocenters. The molecule has 29 heavy (non-hydrogen) atoms. The molecule has 5 nitrogen and oxygen atoms in total. The zero-order chi connectivity index (χ0) is 20.4. The van der Waals surface area contributed by atoms with Gasteiger partial charge in [0.15, 0.2) is 5.96 Å². The third-order valence-electron chi connectivity index (χ3n) is 5.18. The molecule has 0 saturated carbocycles. The summed E-state index contributed by atoms with van der Waals surface area (Å²) >= 11 is 0. The average Bonchev–Trinajstić information content (AvgIpc) is 2.73. The van der Waals surface area contributed by atoms with Crippen LogP contribution in [0.5, 0.6) is 5.75 Å². The molecule has 2 aromatic rings. The number of methoxy groups -OCH3 is 1. The third kappa shape index (κ3) is 8.38. The number of aliphatic imine (C=N–C) groups is 1. The number of benzene rings is 2. The average molecular weight is 512 g/mol. The Balaban J connectivity index is 0.00000420. The van der Waals surface area contributed by atoms with Gasteiger partial charge in [-0.05, 0) is 73.9 Å². The molecule has 0 radical (unpaired) electrons. The van der Waals surface area contributed by atoms with Gasteiger partial charge in [0.1, 0.15) is 5.75 Å². The normalized spacial score (nSPS) is 12.6. The first-order valence-corrected chi connectivity index (χ1v) is 10.4. The maximum absolute atomic E-state index is 5.30. The summed E-state index contributed by atoms with van der Waals surface area (Å²) in [4.78, 5) is 6.84. The third-order valence-corrected chi connectivity index (χ3v) is 5.18. The quantitative estimate of drug-likeness (QED) is 0.277. The van der Waals surface area contributed by atoms with Crippen molar-refractivity contribution >= 4 is 40.7 Å². The first kappa shape index (κ1) is 25.5. The highest BCUT2D eigenvalue weighted by Gasteiger charge is 2.07. The van der Waals surface area contributed by atoms with Crippen molar-refractivity contribution < 1.29 is 4.74 Å². The Kier molecular flexibility index (Phi) is 12.0. The van der Waals surface area contributed by atoms with Crippen LogP contribution in [0.25, 0.3) is 10.8 Å². The molecule has 2 N–H and O–H groups in total. The fourth-order valence-electron chi connectivity index (χ4n) is 3.36. The fraction of sp³-hybridized carbons (Fsp3) is 0.522. The van der Waals surface area contributed by atoms with Crippen molar-refractivity contribution in [1.29, 1.82) is 0 Å². The van der Waals surface area contributed by atoms with Gasteiger partial charge in [-0.25, -0.2) is 0 Å². The Bertz CT molecular complexity index is 762. The maximum Gasteiger partial charge on any atom is 0.191 e. The van der Waals surface area contributed by atoms with E-state index in [1.165, 1.54) is 22.8 Å². The van der Waals surface area contributed by atoms with Gasteiger partial charge in [-0.3, -0.25) is 4.99 Å². The van der Waals surface area contributed by atoms with Gasteiger partial charge in [-0.2, -0.15) is 0 Å². The minimum absolute atomic E-state index is 0. The Morgan fingerprint density at radius 1 is 1.10 bits per heavy atom. The molecule has 0 aromatic heterocycles. The predicted octanol–water partition coefficient (Wildman–Crippen LogP) is 4.64. The van der Waals surface area contributed by atoms with Crippen molar-refractivity contribution in [3.05, 3.63) is 42.0 Å². The first-order chi connectivity index (χ1) is 13.6. The predicted molar refractivity (Wildman–Crippen MR) is 136 cm³/mol. The van der Waals surface area contributed by atoms with E-state index >= 15 is 0 Å². The lowest BCUT2D eigenvalue weighted by molar-refractivity contribution is 0.292. The van der Waals surface area contributed by atoms with E-state index in [1.54, 1.807) is 7.11 Å². The van der Waals surface area contributed by atoms with E-state index in [-0.39, 0.29) is 24.0 Å². The smallest absolute Gasteiger partial charge is 0.191 e. The van der Waals surface area contributed by atoms with Gasteiger partial charge >= 0.3 is 0 Å². The number of halogens is 1. The van der Waals surface area contributed by atoms with Crippen LogP contribution in [-0.2, 0) is 6.54 Å². The maximum atomic E-state index is 5.30. The number of fused-ring (bicyclic) bond motifs is 1. The van der Waals surface area contributed by atoms with Gasteiger partial charge in [0, 0.05) is 19.6 Å². The zero-order valence-corrected chi connectivity index (χ0v) is 20.8. The topological polar surface area (TPSA) is 48.9 Å². The lowest BCUT2D eigenvalue weighted by Gasteiger charge is -2.21. The summed E-state index contributed by atoms with van der Waals surface area (Å²) in [5.41, 5.74) is 1.23. The lowest BCUT2D eigenvalue weighted by atomic mass is 10.1. The number of ether oxygens (including phenoxy) is 1. The Hall–Kier alpha value is -1.54. The fourth-order valence-corrected chi connectivity index (χ4v) is 3.36. The van der Waals surface area contributed by atoms with Gasteiger partial charge in [-0.15, -0.1) is 24.0 Å². The van der Waals surface area contributed by atoms with E-state index in [9.17, 15) is 0 Å². The van der Waals surface area contributed by atoms with Crippen molar-refractivity contribution in [3.8, 4) is 5.75 Å². The molecule has 0 heterocycles. The number of guanidine groups is 1. The molecule has 0 aliphatic rings. The summed E-state index contributed by atoms with van der Waals surface area (Å²) in [6.45, 7) is 10.8. The minimum Gasteiger partial charge on any atom is -0.497 e. The second-order valence-electron chi connectivity index (χ2n) is 7.19. The van der Waals surface area contributed by atoms with Crippen molar-refractivity contribution in [2.75, 3.05) is 33.8 Å². The molecule has 1 unspecified atom stereocenters. The second kappa shape index (κ2) is 13.6.